The van der Waals surface area contributed by atoms with Gasteiger partial charge in [-0.1, -0.05) is 0 Å². The van der Waals surface area contributed by atoms with Gasteiger partial charge in [0, 0.05) is 6.61 Å². The van der Waals surface area contributed by atoms with Crippen LogP contribution in [0.25, 0.3) is 0 Å². The molecule has 2 unspecified atom stereocenters. The second-order valence-corrected chi connectivity index (χ2v) is 7.09. The molecule has 1 aromatic rings. The minimum atomic E-state index is -3.70. The van der Waals surface area contributed by atoms with Gasteiger partial charge in [0.05, 0.1) is 22.7 Å². The van der Waals surface area contributed by atoms with Crippen LogP contribution in [0.4, 0.5) is 10.1 Å². The molecule has 1 aliphatic carbocycles. The number of sulfonamides is 1. The molecule has 2 aliphatic rings. The molecule has 1 saturated heterocycles. The lowest BCUT2D eigenvalue weighted by Gasteiger charge is -2.19. The molecule has 5 nitrogen and oxygen atoms in total. The Morgan fingerprint density at radius 1 is 1.30 bits per heavy atom. The summed E-state index contributed by atoms with van der Waals surface area (Å²) < 4.78 is 46.0. The van der Waals surface area contributed by atoms with Crippen LogP contribution in [0.3, 0.4) is 0 Å². The highest BCUT2D eigenvalue weighted by atomic mass is 32.2. The number of ether oxygens (including phenoxy) is 1. The van der Waals surface area contributed by atoms with E-state index in [-0.39, 0.29) is 22.7 Å². The van der Waals surface area contributed by atoms with Crippen molar-refractivity contribution in [3.63, 3.8) is 0 Å². The Balaban J connectivity index is 1.79. The first kappa shape index (κ1) is 13.8. The zero-order valence-corrected chi connectivity index (χ0v) is 11.7. The van der Waals surface area contributed by atoms with E-state index in [1.165, 1.54) is 6.07 Å². The SMILES string of the molecule is Nc1cc(S(=O)(=O)NC2CCOC2C2CC2)ccc1F. The first-order valence-corrected chi connectivity index (χ1v) is 8.14. The Morgan fingerprint density at radius 3 is 2.70 bits per heavy atom. The molecule has 110 valence electrons. The van der Waals surface area contributed by atoms with E-state index in [4.69, 9.17) is 10.5 Å². The molecule has 20 heavy (non-hydrogen) atoms. The molecule has 3 rings (SSSR count). The van der Waals surface area contributed by atoms with Crippen molar-refractivity contribution in [1.82, 2.24) is 4.72 Å². The van der Waals surface area contributed by atoms with Crippen molar-refractivity contribution in [2.75, 3.05) is 12.3 Å². The van der Waals surface area contributed by atoms with Crippen LogP contribution in [0.15, 0.2) is 23.1 Å². The van der Waals surface area contributed by atoms with Crippen LogP contribution in [0.1, 0.15) is 19.3 Å². The summed E-state index contributed by atoms with van der Waals surface area (Å²) in [5.74, 6) is -0.160. The number of rotatable bonds is 4. The van der Waals surface area contributed by atoms with Gasteiger partial charge < -0.3 is 10.5 Å². The van der Waals surface area contributed by atoms with Crippen molar-refractivity contribution in [2.24, 2.45) is 5.92 Å². The summed E-state index contributed by atoms with van der Waals surface area (Å²) in [5.41, 5.74) is 5.25. The fourth-order valence-corrected chi connectivity index (χ4v) is 3.90. The van der Waals surface area contributed by atoms with Gasteiger partial charge in [0.25, 0.3) is 0 Å². The van der Waals surface area contributed by atoms with Gasteiger partial charge in [0.2, 0.25) is 10.0 Å². The molecular formula is C13H17FN2O3S. The Labute approximate surface area is 117 Å². The molecule has 2 fully saturated rings. The minimum Gasteiger partial charge on any atom is -0.396 e. The van der Waals surface area contributed by atoms with Crippen LogP contribution in [-0.2, 0) is 14.8 Å². The van der Waals surface area contributed by atoms with Gasteiger partial charge in [0.1, 0.15) is 5.82 Å². The molecular weight excluding hydrogens is 283 g/mol. The zero-order valence-electron chi connectivity index (χ0n) is 10.9. The Hall–Kier alpha value is -1.18. The number of hydrogen-bond donors (Lipinski definition) is 2. The van der Waals surface area contributed by atoms with E-state index < -0.39 is 15.8 Å². The molecule has 3 N–H and O–H groups in total. The minimum absolute atomic E-state index is 0.0159. The van der Waals surface area contributed by atoms with Crippen molar-refractivity contribution in [1.29, 1.82) is 0 Å². The second kappa shape index (κ2) is 4.98. The topological polar surface area (TPSA) is 81.4 Å². The van der Waals surface area contributed by atoms with E-state index >= 15 is 0 Å². The van der Waals surface area contributed by atoms with Crippen LogP contribution in [-0.4, -0.2) is 27.2 Å². The van der Waals surface area contributed by atoms with Crippen LogP contribution in [0.5, 0.6) is 0 Å². The van der Waals surface area contributed by atoms with Crippen molar-refractivity contribution in [2.45, 2.75) is 36.3 Å². The second-order valence-electron chi connectivity index (χ2n) is 5.37. The molecule has 0 aromatic heterocycles. The summed E-state index contributed by atoms with van der Waals surface area (Å²) in [6, 6.07) is 3.21. The van der Waals surface area contributed by atoms with E-state index in [0.29, 0.717) is 18.9 Å². The maximum Gasteiger partial charge on any atom is 0.240 e. The predicted octanol–water partition coefficient (Wildman–Crippen LogP) is 1.25. The number of halogens is 1. The standard InChI is InChI=1S/C13H17FN2O3S/c14-10-4-3-9(7-11(10)15)20(17,18)16-12-5-6-19-13(12)8-1-2-8/h3-4,7-8,12-13,16H,1-2,5-6,15H2. The van der Waals surface area contributed by atoms with Gasteiger partial charge in [-0.3, -0.25) is 0 Å². The lowest BCUT2D eigenvalue weighted by atomic mass is 10.1. The van der Waals surface area contributed by atoms with Gasteiger partial charge >= 0.3 is 0 Å². The summed E-state index contributed by atoms with van der Waals surface area (Å²) in [6.45, 7) is 0.569. The lowest BCUT2D eigenvalue weighted by Crippen LogP contribution is -2.41. The fourth-order valence-electron chi connectivity index (χ4n) is 2.58. The molecule has 2 atom stereocenters. The Bertz CT molecular complexity index is 616. The summed E-state index contributed by atoms with van der Waals surface area (Å²) in [5, 5.41) is 0. The normalized spacial score (nSPS) is 26.9. The largest absolute Gasteiger partial charge is 0.396 e. The van der Waals surface area contributed by atoms with E-state index in [9.17, 15) is 12.8 Å². The monoisotopic (exact) mass is 300 g/mol. The highest BCUT2D eigenvalue weighted by molar-refractivity contribution is 7.89. The smallest absolute Gasteiger partial charge is 0.240 e. The summed E-state index contributed by atoms with van der Waals surface area (Å²) in [7, 11) is -3.70. The van der Waals surface area contributed by atoms with E-state index in [0.717, 1.165) is 25.0 Å². The molecule has 0 radical (unpaired) electrons. The Morgan fingerprint density at radius 2 is 2.05 bits per heavy atom. The molecule has 0 bridgehead atoms. The average Bonchev–Trinajstić information content (AvgIpc) is 3.14. The number of nitrogen functional groups attached to an aromatic ring is 1. The van der Waals surface area contributed by atoms with Crippen molar-refractivity contribution in [3.05, 3.63) is 24.0 Å². The third kappa shape index (κ3) is 2.65. The van der Waals surface area contributed by atoms with Crippen molar-refractivity contribution in [3.8, 4) is 0 Å². The first-order chi connectivity index (χ1) is 9.47. The van der Waals surface area contributed by atoms with Gasteiger partial charge in [-0.25, -0.2) is 17.5 Å². The summed E-state index contributed by atoms with van der Waals surface area (Å²) in [6.07, 6.45) is 2.80. The van der Waals surface area contributed by atoms with Gasteiger partial charge in [0.15, 0.2) is 0 Å². The molecule has 1 aromatic carbocycles. The number of hydrogen-bond acceptors (Lipinski definition) is 4. The van der Waals surface area contributed by atoms with E-state index in [1.807, 2.05) is 0 Å². The maximum atomic E-state index is 13.1. The lowest BCUT2D eigenvalue weighted by molar-refractivity contribution is 0.0848. The quantitative estimate of drug-likeness (QED) is 0.820. The molecule has 1 heterocycles. The van der Waals surface area contributed by atoms with E-state index in [1.54, 1.807) is 0 Å². The third-order valence-electron chi connectivity index (χ3n) is 3.81. The summed E-state index contributed by atoms with van der Waals surface area (Å²) in [4.78, 5) is -0.0159. The third-order valence-corrected chi connectivity index (χ3v) is 5.29. The average molecular weight is 300 g/mol. The molecule has 1 aliphatic heterocycles. The van der Waals surface area contributed by atoms with Gasteiger partial charge in [-0.05, 0) is 43.4 Å². The van der Waals surface area contributed by atoms with Crippen LogP contribution >= 0.6 is 0 Å². The molecule has 1 saturated carbocycles. The first-order valence-electron chi connectivity index (χ1n) is 6.66. The van der Waals surface area contributed by atoms with Crippen molar-refractivity contribution < 1.29 is 17.5 Å². The van der Waals surface area contributed by atoms with Gasteiger partial charge in [-0.2, -0.15) is 0 Å². The molecule has 0 amide bonds. The molecule has 0 spiro atoms. The molecule has 7 heteroatoms. The number of nitrogens with two attached hydrogens (primary N) is 1. The van der Waals surface area contributed by atoms with Crippen LogP contribution < -0.4 is 10.5 Å². The number of benzene rings is 1. The van der Waals surface area contributed by atoms with Crippen molar-refractivity contribution >= 4 is 15.7 Å². The highest BCUT2D eigenvalue weighted by Crippen LogP contribution is 2.39. The fraction of sp³-hybridized carbons (Fsp3) is 0.538. The zero-order chi connectivity index (χ0) is 14.3. The van der Waals surface area contributed by atoms with Crippen LogP contribution in [0, 0.1) is 11.7 Å². The van der Waals surface area contributed by atoms with E-state index in [2.05, 4.69) is 4.72 Å². The van der Waals surface area contributed by atoms with Gasteiger partial charge in [-0.15, -0.1) is 0 Å². The predicted molar refractivity (Wildman–Crippen MR) is 72.0 cm³/mol. The maximum absolute atomic E-state index is 13.1. The van der Waals surface area contributed by atoms with Crippen LogP contribution in [0.2, 0.25) is 0 Å². The summed E-state index contributed by atoms with van der Waals surface area (Å²) >= 11 is 0. The number of anilines is 1. The highest BCUT2D eigenvalue weighted by Gasteiger charge is 2.42. The number of nitrogens with one attached hydrogen (secondary N) is 1. The Kier molecular flexibility index (Phi) is 3.43.